The largest absolute Gasteiger partial charge is 0.379 e. The van der Waals surface area contributed by atoms with Gasteiger partial charge in [0.2, 0.25) is 0 Å². The Morgan fingerprint density at radius 3 is 0.923 bits per heavy atom. The van der Waals surface area contributed by atoms with Gasteiger partial charge in [-0.25, -0.2) is 0 Å². The smallest absolute Gasteiger partial charge is 0.174 e. The Hall–Kier alpha value is 0.220. The fourth-order valence-electron chi connectivity index (χ4n) is 1.34. The number of hydrogen-bond acceptors (Lipinski definition) is 0. The summed E-state index contributed by atoms with van der Waals surface area (Å²) in [4.78, 5) is 0. The number of hydrogen-bond donors (Lipinski definition) is 0. The van der Waals surface area contributed by atoms with Crippen LogP contribution in [0.5, 0.6) is 0 Å². The SMILES string of the molecule is CC[P+](CC)(CC)CC.FC(F)F. The van der Waals surface area contributed by atoms with E-state index in [-0.39, 0.29) is 0 Å². The maximum atomic E-state index is 9.67. The lowest BCUT2D eigenvalue weighted by atomic mass is 10.9. The molecule has 4 heteroatoms. The molecular formula is C9H21F3P+. The van der Waals surface area contributed by atoms with Crippen LogP contribution in [0, 0.1) is 0 Å². The van der Waals surface area contributed by atoms with Crippen molar-refractivity contribution in [3.05, 3.63) is 0 Å². The molecule has 0 fully saturated rings. The average Bonchev–Trinajstić information content (AvgIpc) is 2.09. The summed E-state index contributed by atoms with van der Waals surface area (Å²) in [5.41, 5.74) is 0. The van der Waals surface area contributed by atoms with E-state index in [1.165, 1.54) is 24.6 Å². The lowest BCUT2D eigenvalue weighted by Crippen LogP contribution is -2.04. The van der Waals surface area contributed by atoms with Gasteiger partial charge in [-0.15, -0.1) is 0 Å². The topological polar surface area (TPSA) is 0 Å². The lowest BCUT2D eigenvalue weighted by Gasteiger charge is -2.20. The van der Waals surface area contributed by atoms with E-state index in [1.807, 2.05) is 0 Å². The van der Waals surface area contributed by atoms with E-state index in [9.17, 15) is 13.2 Å². The van der Waals surface area contributed by atoms with Gasteiger partial charge in [0, 0.05) is 7.26 Å². The molecule has 82 valence electrons. The van der Waals surface area contributed by atoms with Crippen LogP contribution in [-0.2, 0) is 0 Å². The molecule has 0 aliphatic carbocycles. The lowest BCUT2D eigenvalue weighted by molar-refractivity contribution is 0.00819. The van der Waals surface area contributed by atoms with Crippen molar-refractivity contribution >= 4 is 7.26 Å². The number of halogens is 3. The highest BCUT2D eigenvalue weighted by Gasteiger charge is 2.27. The number of alkyl halides is 3. The summed E-state index contributed by atoms with van der Waals surface area (Å²) in [5, 5.41) is 0. The summed E-state index contributed by atoms with van der Waals surface area (Å²) < 4.78 is 29.0. The molecule has 0 saturated heterocycles. The van der Waals surface area contributed by atoms with E-state index < -0.39 is 13.9 Å². The molecule has 0 heterocycles. The van der Waals surface area contributed by atoms with Crippen molar-refractivity contribution in [3.8, 4) is 0 Å². The Kier molecular flexibility index (Phi) is 10.6. The first kappa shape index (κ1) is 15.7. The zero-order chi connectivity index (χ0) is 10.9. The summed E-state index contributed by atoms with van der Waals surface area (Å²) in [5.74, 6) is 0. The molecule has 13 heavy (non-hydrogen) atoms. The monoisotopic (exact) mass is 217 g/mol. The minimum Gasteiger partial charge on any atom is -0.174 e. The molecule has 0 unspecified atom stereocenters. The standard InChI is InChI=1S/C8H20P.CHF3/c1-5-9(6-2,7-3)8-4;2-1(3)4/h5-8H2,1-4H3;1H/q+1;. The van der Waals surface area contributed by atoms with Gasteiger partial charge in [0.05, 0.1) is 24.6 Å². The van der Waals surface area contributed by atoms with Gasteiger partial charge in [0.25, 0.3) is 0 Å². The summed E-state index contributed by atoms with van der Waals surface area (Å²) in [6.45, 7) is 5.74. The van der Waals surface area contributed by atoms with Gasteiger partial charge in [0.15, 0.2) is 0 Å². The van der Waals surface area contributed by atoms with Crippen LogP contribution in [-0.4, -0.2) is 31.3 Å². The van der Waals surface area contributed by atoms with Crippen molar-refractivity contribution in [2.75, 3.05) is 24.6 Å². The highest BCUT2D eigenvalue weighted by atomic mass is 31.2. The van der Waals surface area contributed by atoms with Crippen LogP contribution < -0.4 is 0 Å². The van der Waals surface area contributed by atoms with Gasteiger partial charge in [-0.2, -0.15) is 13.2 Å². The van der Waals surface area contributed by atoms with Crippen LogP contribution in [0.3, 0.4) is 0 Å². The van der Waals surface area contributed by atoms with Gasteiger partial charge in [-0.3, -0.25) is 0 Å². The van der Waals surface area contributed by atoms with Crippen molar-refractivity contribution in [1.29, 1.82) is 0 Å². The summed E-state index contributed by atoms with van der Waals surface area (Å²) >= 11 is 0. The second kappa shape index (κ2) is 8.80. The van der Waals surface area contributed by atoms with Crippen LogP contribution in [0.4, 0.5) is 13.2 Å². The highest BCUT2D eigenvalue weighted by molar-refractivity contribution is 7.75. The minimum absolute atomic E-state index is 0.420. The third-order valence-corrected chi connectivity index (χ3v) is 8.05. The molecule has 0 aliphatic heterocycles. The van der Waals surface area contributed by atoms with E-state index in [1.54, 1.807) is 0 Å². The molecule has 0 aromatic rings. The van der Waals surface area contributed by atoms with Crippen molar-refractivity contribution in [2.24, 2.45) is 0 Å². The van der Waals surface area contributed by atoms with Crippen LogP contribution in [0.15, 0.2) is 0 Å². The first-order valence-corrected chi connectivity index (χ1v) is 7.28. The summed E-state index contributed by atoms with van der Waals surface area (Å²) in [6.07, 6.45) is 5.82. The zero-order valence-corrected chi connectivity index (χ0v) is 9.88. The summed E-state index contributed by atoms with van der Waals surface area (Å²) in [6, 6.07) is 0. The molecule has 0 amide bonds. The first-order chi connectivity index (χ1) is 5.97. The Morgan fingerprint density at radius 1 is 0.769 bits per heavy atom. The first-order valence-electron chi connectivity index (χ1n) is 4.75. The van der Waals surface area contributed by atoms with Gasteiger partial charge < -0.3 is 0 Å². The Morgan fingerprint density at radius 2 is 0.923 bits per heavy atom. The molecule has 0 bridgehead atoms. The predicted octanol–water partition coefficient (Wildman–Crippen LogP) is 4.26. The van der Waals surface area contributed by atoms with Gasteiger partial charge >= 0.3 is 6.68 Å². The maximum absolute atomic E-state index is 9.67. The van der Waals surface area contributed by atoms with Gasteiger partial charge in [-0.1, -0.05) is 0 Å². The third-order valence-electron chi connectivity index (χ3n) is 2.68. The Bertz CT molecular complexity index is 82.8. The van der Waals surface area contributed by atoms with Crippen molar-refractivity contribution in [2.45, 2.75) is 34.4 Å². The average molecular weight is 217 g/mol. The van der Waals surface area contributed by atoms with E-state index >= 15 is 0 Å². The van der Waals surface area contributed by atoms with Crippen molar-refractivity contribution in [1.82, 2.24) is 0 Å². The van der Waals surface area contributed by atoms with Crippen LogP contribution in [0.2, 0.25) is 0 Å². The van der Waals surface area contributed by atoms with E-state index in [0.717, 1.165) is 0 Å². The Labute approximate surface area is 80.2 Å². The second-order valence-electron chi connectivity index (χ2n) is 2.85. The van der Waals surface area contributed by atoms with E-state index in [2.05, 4.69) is 27.7 Å². The van der Waals surface area contributed by atoms with Crippen molar-refractivity contribution in [3.63, 3.8) is 0 Å². The third kappa shape index (κ3) is 8.55. The molecular weight excluding hydrogens is 196 g/mol. The van der Waals surface area contributed by atoms with Crippen LogP contribution in [0.25, 0.3) is 0 Å². The summed E-state index contributed by atoms with van der Waals surface area (Å²) in [7, 11) is -0.420. The second-order valence-corrected chi connectivity index (χ2v) is 8.07. The van der Waals surface area contributed by atoms with Gasteiger partial charge in [-0.05, 0) is 27.7 Å². The maximum Gasteiger partial charge on any atom is 0.379 e. The molecule has 0 radical (unpaired) electrons. The van der Waals surface area contributed by atoms with E-state index in [4.69, 9.17) is 0 Å². The molecule has 0 aromatic heterocycles. The molecule has 0 N–H and O–H groups in total. The van der Waals surface area contributed by atoms with Crippen LogP contribution in [0.1, 0.15) is 27.7 Å². The molecule has 0 aliphatic rings. The van der Waals surface area contributed by atoms with E-state index in [0.29, 0.717) is 0 Å². The normalized spacial score (nSPS) is 11.1. The quantitative estimate of drug-likeness (QED) is 0.617. The molecule has 0 spiro atoms. The number of rotatable bonds is 4. The molecule has 0 aromatic carbocycles. The van der Waals surface area contributed by atoms with Gasteiger partial charge in [0.1, 0.15) is 0 Å². The fraction of sp³-hybridized carbons (Fsp3) is 1.00. The van der Waals surface area contributed by atoms with Crippen LogP contribution >= 0.6 is 7.26 Å². The molecule has 0 rings (SSSR count). The highest BCUT2D eigenvalue weighted by Crippen LogP contribution is 2.57. The molecule has 0 saturated carbocycles. The zero-order valence-electron chi connectivity index (χ0n) is 8.99. The minimum atomic E-state index is -3.67. The molecule has 0 atom stereocenters. The van der Waals surface area contributed by atoms with Crippen molar-refractivity contribution < 1.29 is 13.2 Å². The fourth-order valence-corrected chi connectivity index (χ4v) is 4.02. The Balaban J connectivity index is 0. The predicted molar refractivity (Wildman–Crippen MR) is 56.2 cm³/mol. The molecule has 0 nitrogen and oxygen atoms in total.